The number of nitrogens with one attached hydrogen (secondary N) is 1. The van der Waals surface area contributed by atoms with Crippen molar-refractivity contribution in [2.24, 2.45) is 5.92 Å². The summed E-state index contributed by atoms with van der Waals surface area (Å²) in [6.45, 7) is 6.25. The first kappa shape index (κ1) is 16.9. The van der Waals surface area contributed by atoms with Crippen LogP contribution in [0, 0.1) is 12.8 Å². The SMILES string of the molecule is Cc1ccc(NC(=O)c2cnc(N3CCCC(C)C3)cn2)c(Br)c1. The predicted molar refractivity (Wildman–Crippen MR) is 99.5 cm³/mol. The average molecular weight is 389 g/mol. The van der Waals surface area contributed by atoms with E-state index in [1.807, 2.05) is 25.1 Å². The van der Waals surface area contributed by atoms with Crippen molar-refractivity contribution in [3.8, 4) is 0 Å². The Bertz CT molecular complexity index is 732. The number of hydrogen-bond donors (Lipinski definition) is 1. The fourth-order valence-corrected chi connectivity index (χ4v) is 3.50. The van der Waals surface area contributed by atoms with Gasteiger partial charge in [-0.3, -0.25) is 4.79 Å². The summed E-state index contributed by atoms with van der Waals surface area (Å²) in [6, 6.07) is 5.78. The van der Waals surface area contributed by atoms with Crippen molar-refractivity contribution in [1.29, 1.82) is 0 Å². The van der Waals surface area contributed by atoms with Crippen LogP contribution in [0.15, 0.2) is 35.1 Å². The maximum Gasteiger partial charge on any atom is 0.275 e. The van der Waals surface area contributed by atoms with Gasteiger partial charge < -0.3 is 10.2 Å². The third-order valence-corrected chi connectivity index (χ3v) is 4.88. The molecule has 0 spiro atoms. The topological polar surface area (TPSA) is 58.1 Å². The molecule has 3 rings (SSSR count). The predicted octanol–water partition coefficient (Wildman–Crippen LogP) is 4.04. The zero-order valence-corrected chi connectivity index (χ0v) is 15.5. The van der Waals surface area contributed by atoms with Gasteiger partial charge in [-0.15, -0.1) is 0 Å². The summed E-state index contributed by atoms with van der Waals surface area (Å²) in [7, 11) is 0. The quantitative estimate of drug-likeness (QED) is 0.861. The lowest BCUT2D eigenvalue weighted by atomic mass is 10.0. The minimum absolute atomic E-state index is 0.259. The molecule has 1 fully saturated rings. The number of amides is 1. The van der Waals surface area contributed by atoms with Crippen LogP contribution in [0.3, 0.4) is 0 Å². The zero-order valence-electron chi connectivity index (χ0n) is 13.9. The van der Waals surface area contributed by atoms with Gasteiger partial charge in [-0.25, -0.2) is 9.97 Å². The molecule has 1 unspecified atom stereocenters. The number of benzene rings is 1. The molecule has 0 bridgehead atoms. The summed E-state index contributed by atoms with van der Waals surface area (Å²) in [6.07, 6.45) is 5.67. The van der Waals surface area contributed by atoms with Crippen LogP contribution in [-0.4, -0.2) is 29.0 Å². The van der Waals surface area contributed by atoms with E-state index < -0.39 is 0 Å². The Morgan fingerprint density at radius 3 is 2.83 bits per heavy atom. The van der Waals surface area contributed by atoms with Crippen molar-refractivity contribution < 1.29 is 4.79 Å². The van der Waals surface area contributed by atoms with Crippen molar-refractivity contribution in [3.63, 3.8) is 0 Å². The van der Waals surface area contributed by atoms with Crippen LogP contribution >= 0.6 is 15.9 Å². The van der Waals surface area contributed by atoms with E-state index in [0.29, 0.717) is 11.6 Å². The van der Waals surface area contributed by atoms with Gasteiger partial charge >= 0.3 is 0 Å². The number of aryl methyl sites for hydroxylation is 1. The molecule has 1 atom stereocenters. The highest BCUT2D eigenvalue weighted by atomic mass is 79.9. The molecule has 1 aromatic carbocycles. The fourth-order valence-electron chi connectivity index (χ4n) is 2.91. The highest BCUT2D eigenvalue weighted by molar-refractivity contribution is 9.10. The van der Waals surface area contributed by atoms with Gasteiger partial charge in [-0.2, -0.15) is 0 Å². The lowest BCUT2D eigenvalue weighted by Gasteiger charge is -2.31. The van der Waals surface area contributed by atoms with E-state index in [1.165, 1.54) is 12.8 Å². The second kappa shape index (κ2) is 7.30. The molecule has 1 saturated heterocycles. The Hall–Kier alpha value is -1.95. The van der Waals surface area contributed by atoms with E-state index in [2.05, 4.69) is 43.0 Å². The van der Waals surface area contributed by atoms with E-state index >= 15 is 0 Å². The molecule has 1 aromatic heterocycles. The molecule has 126 valence electrons. The molecular weight excluding hydrogens is 368 g/mol. The maximum atomic E-state index is 12.3. The van der Waals surface area contributed by atoms with Crippen molar-refractivity contribution in [3.05, 3.63) is 46.3 Å². The first-order chi connectivity index (χ1) is 11.5. The molecule has 6 heteroatoms. The second-order valence-electron chi connectivity index (χ2n) is 6.39. The van der Waals surface area contributed by atoms with E-state index in [9.17, 15) is 4.79 Å². The second-order valence-corrected chi connectivity index (χ2v) is 7.25. The summed E-state index contributed by atoms with van der Waals surface area (Å²) < 4.78 is 0.850. The molecule has 0 saturated carbocycles. The van der Waals surface area contributed by atoms with Gasteiger partial charge in [-0.1, -0.05) is 13.0 Å². The standard InChI is InChI=1S/C18H21BrN4O/c1-12-5-6-15(14(19)8-12)22-18(24)16-9-21-17(10-20-16)23-7-3-4-13(2)11-23/h5-6,8-10,13H,3-4,7,11H2,1-2H3,(H,22,24). The van der Waals surface area contributed by atoms with Gasteiger partial charge in [0.15, 0.2) is 0 Å². The van der Waals surface area contributed by atoms with Gasteiger partial charge in [0.25, 0.3) is 5.91 Å². The molecule has 2 aromatic rings. The zero-order chi connectivity index (χ0) is 17.1. The summed E-state index contributed by atoms with van der Waals surface area (Å²) in [5.41, 5.74) is 2.16. The van der Waals surface area contributed by atoms with Crippen molar-refractivity contribution in [2.75, 3.05) is 23.3 Å². The van der Waals surface area contributed by atoms with Gasteiger partial charge in [0.05, 0.1) is 18.1 Å². The smallest absolute Gasteiger partial charge is 0.275 e. The lowest BCUT2D eigenvalue weighted by molar-refractivity contribution is 0.102. The van der Waals surface area contributed by atoms with Crippen LogP contribution in [0.25, 0.3) is 0 Å². The maximum absolute atomic E-state index is 12.3. The normalized spacial score (nSPS) is 17.6. The molecule has 0 radical (unpaired) electrons. The van der Waals surface area contributed by atoms with Crippen LogP contribution < -0.4 is 10.2 Å². The third kappa shape index (κ3) is 3.93. The van der Waals surface area contributed by atoms with Crippen LogP contribution in [0.5, 0.6) is 0 Å². The number of piperidine rings is 1. The highest BCUT2D eigenvalue weighted by Crippen LogP contribution is 2.24. The van der Waals surface area contributed by atoms with Crippen LogP contribution in [-0.2, 0) is 0 Å². The van der Waals surface area contributed by atoms with Crippen LogP contribution in [0.2, 0.25) is 0 Å². The van der Waals surface area contributed by atoms with Crippen molar-refractivity contribution in [1.82, 2.24) is 9.97 Å². The van der Waals surface area contributed by atoms with Gasteiger partial charge in [0.1, 0.15) is 11.5 Å². The number of rotatable bonds is 3. The Labute approximate surface area is 150 Å². The highest BCUT2D eigenvalue weighted by Gasteiger charge is 2.18. The Kier molecular flexibility index (Phi) is 5.14. The molecule has 1 aliphatic rings. The first-order valence-corrected chi connectivity index (χ1v) is 8.97. The molecule has 24 heavy (non-hydrogen) atoms. The summed E-state index contributed by atoms with van der Waals surface area (Å²) in [4.78, 5) is 23.3. The number of carbonyl (C=O) groups excluding carboxylic acids is 1. The molecule has 1 N–H and O–H groups in total. The Morgan fingerprint density at radius 1 is 1.33 bits per heavy atom. The minimum atomic E-state index is -0.259. The molecule has 1 aliphatic heterocycles. The van der Waals surface area contributed by atoms with Gasteiger partial charge in [-0.05, 0) is 59.3 Å². The Morgan fingerprint density at radius 2 is 2.17 bits per heavy atom. The summed E-state index contributed by atoms with van der Waals surface area (Å²) >= 11 is 3.46. The summed E-state index contributed by atoms with van der Waals surface area (Å²) in [5.74, 6) is 1.25. The number of hydrogen-bond acceptors (Lipinski definition) is 4. The number of nitrogens with zero attached hydrogens (tertiary/aromatic N) is 3. The molecule has 0 aliphatic carbocycles. The lowest BCUT2D eigenvalue weighted by Crippen LogP contribution is -2.35. The van der Waals surface area contributed by atoms with E-state index in [1.54, 1.807) is 12.4 Å². The average Bonchev–Trinajstić information content (AvgIpc) is 2.57. The summed E-state index contributed by atoms with van der Waals surface area (Å²) in [5, 5.41) is 2.86. The molecule has 2 heterocycles. The number of aromatic nitrogens is 2. The number of anilines is 2. The Balaban J connectivity index is 1.69. The minimum Gasteiger partial charge on any atom is -0.355 e. The van der Waals surface area contributed by atoms with E-state index in [0.717, 1.165) is 34.6 Å². The number of halogens is 1. The fraction of sp³-hybridized carbons (Fsp3) is 0.389. The number of carbonyl (C=O) groups is 1. The van der Waals surface area contributed by atoms with E-state index in [-0.39, 0.29) is 5.91 Å². The van der Waals surface area contributed by atoms with Crippen molar-refractivity contribution in [2.45, 2.75) is 26.7 Å². The van der Waals surface area contributed by atoms with Gasteiger partial charge in [0, 0.05) is 17.6 Å². The van der Waals surface area contributed by atoms with Crippen LogP contribution in [0.1, 0.15) is 35.8 Å². The van der Waals surface area contributed by atoms with Crippen molar-refractivity contribution >= 4 is 33.3 Å². The third-order valence-electron chi connectivity index (χ3n) is 4.22. The molecule has 5 nitrogen and oxygen atoms in total. The largest absolute Gasteiger partial charge is 0.355 e. The van der Waals surface area contributed by atoms with E-state index in [4.69, 9.17) is 0 Å². The van der Waals surface area contributed by atoms with Gasteiger partial charge in [0.2, 0.25) is 0 Å². The monoisotopic (exact) mass is 388 g/mol. The first-order valence-electron chi connectivity index (χ1n) is 8.17. The molecule has 1 amide bonds. The molecular formula is C18H21BrN4O. The van der Waals surface area contributed by atoms with Crippen LogP contribution in [0.4, 0.5) is 11.5 Å².